The first-order valence-corrected chi connectivity index (χ1v) is 9.98. The van der Waals surface area contributed by atoms with Crippen molar-refractivity contribution in [1.29, 1.82) is 0 Å². The zero-order valence-electron chi connectivity index (χ0n) is 15.7. The van der Waals surface area contributed by atoms with Gasteiger partial charge in [-0.25, -0.2) is 14.0 Å². The van der Waals surface area contributed by atoms with Crippen LogP contribution in [-0.2, 0) is 19.1 Å². The second-order valence-electron chi connectivity index (χ2n) is 6.34. The summed E-state index contributed by atoms with van der Waals surface area (Å²) in [6.45, 7) is 1.01. The number of benzene rings is 1. The molecule has 1 aliphatic rings. The molecule has 154 valence electrons. The number of hydrogen-bond donors (Lipinski definition) is 1. The van der Waals surface area contributed by atoms with Crippen LogP contribution in [0.1, 0.15) is 41.6 Å². The number of anilines is 1. The van der Waals surface area contributed by atoms with Gasteiger partial charge in [0.2, 0.25) is 0 Å². The number of carbonyl (C=O) groups excluding carboxylic acids is 3. The molecule has 0 saturated heterocycles. The third-order valence-electron chi connectivity index (χ3n) is 4.10. The summed E-state index contributed by atoms with van der Waals surface area (Å²) in [5, 5.41) is 4.84. The van der Waals surface area contributed by atoms with Gasteiger partial charge in [-0.05, 0) is 60.9 Å². The number of hydrogen-bond acceptors (Lipinski definition) is 7. The summed E-state index contributed by atoms with van der Waals surface area (Å²) in [6.07, 6.45) is 2.00. The summed E-state index contributed by atoms with van der Waals surface area (Å²) in [5.74, 6) is -1.60. The van der Waals surface area contributed by atoms with Gasteiger partial charge in [-0.1, -0.05) is 0 Å². The minimum Gasteiger partial charge on any atom is -0.482 e. The molecule has 1 heterocycles. The van der Waals surface area contributed by atoms with Gasteiger partial charge in [0.05, 0.1) is 12.2 Å². The van der Waals surface area contributed by atoms with Gasteiger partial charge in [-0.3, -0.25) is 4.79 Å². The predicted molar refractivity (Wildman–Crippen MR) is 104 cm³/mol. The number of rotatable bonds is 9. The van der Waals surface area contributed by atoms with Gasteiger partial charge in [-0.2, -0.15) is 0 Å². The first kappa shape index (κ1) is 20.8. The lowest BCUT2D eigenvalue weighted by Crippen LogP contribution is -2.24. The molecule has 2 aromatic rings. The van der Waals surface area contributed by atoms with Crippen LogP contribution in [0.3, 0.4) is 0 Å². The normalized spacial score (nSPS) is 12.9. The molecule has 0 aliphatic heterocycles. The lowest BCUT2D eigenvalue weighted by molar-refractivity contribution is -0.149. The fraction of sp³-hybridized carbons (Fsp3) is 0.350. The van der Waals surface area contributed by atoms with Crippen molar-refractivity contribution in [2.24, 2.45) is 0 Å². The molecule has 0 unspecified atom stereocenters. The largest absolute Gasteiger partial charge is 0.482 e. The van der Waals surface area contributed by atoms with Gasteiger partial charge in [0, 0.05) is 0 Å². The Balaban J connectivity index is 1.50. The molecule has 0 atom stereocenters. The SMILES string of the molecule is CCOC(=O)c1c(C2CC2)csc1NC(=O)COC(=O)COc1ccc(F)cc1. The van der Waals surface area contributed by atoms with Crippen molar-refractivity contribution in [2.75, 3.05) is 25.1 Å². The van der Waals surface area contributed by atoms with Crippen LogP contribution in [0.25, 0.3) is 0 Å². The van der Waals surface area contributed by atoms with Crippen molar-refractivity contribution in [3.63, 3.8) is 0 Å². The number of ether oxygens (including phenoxy) is 3. The molecule has 0 radical (unpaired) electrons. The summed E-state index contributed by atoms with van der Waals surface area (Å²) in [5.41, 5.74) is 1.26. The van der Waals surface area contributed by atoms with E-state index in [1.54, 1.807) is 6.92 Å². The molecular weight excluding hydrogens is 401 g/mol. The Kier molecular flexibility index (Phi) is 6.82. The van der Waals surface area contributed by atoms with E-state index in [4.69, 9.17) is 14.2 Å². The maximum absolute atomic E-state index is 12.8. The number of esters is 2. The maximum atomic E-state index is 12.8. The van der Waals surface area contributed by atoms with Gasteiger partial charge in [0.1, 0.15) is 16.6 Å². The molecule has 1 fully saturated rings. The van der Waals surface area contributed by atoms with Crippen LogP contribution >= 0.6 is 11.3 Å². The highest BCUT2D eigenvalue weighted by atomic mass is 32.1. The monoisotopic (exact) mass is 421 g/mol. The Morgan fingerprint density at radius 1 is 1.14 bits per heavy atom. The molecule has 9 heteroatoms. The third-order valence-corrected chi connectivity index (χ3v) is 5.02. The minimum absolute atomic E-state index is 0.234. The van der Waals surface area contributed by atoms with E-state index in [0.29, 0.717) is 22.2 Å². The Hall–Kier alpha value is -2.94. The summed E-state index contributed by atoms with van der Waals surface area (Å²) in [6, 6.07) is 5.15. The minimum atomic E-state index is -0.750. The van der Waals surface area contributed by atoms with Gasteiger partial charge in [0.25, 0.3) is 5.91 Å². The van der Waals surface area contributed by atoms with Crippen LogP contribution in [0.4, 0.5) is 9.39 Å². The molecule has 1 aromatic carbocycles. The average Bonchev–Trinajstić information content (AvgIpc) is 3.46. The first-order valence-electron chi connectivity index (χ1n) is 9.10. The van der Waals surface area contributed by atoms with Crippen molar-refractivity contribution in [2.45, 2.75) is 25.7 Å². The van der Waals surface area contributed by atoms with Crippen molar-refractivity contribution in [1.82, 2.24) is 0 Å². The van der Waals surface area contributed by atoms with Crippen LogP contribution in [0.2, 0.25) is 0 Å². The molecule has 29 heavy (non-hydrogen) atoms. The van der Waals surface area contributed by atoms with E-state index >= 15 is 0 Å². The molecule has 1 N–H and O–H groups in total. The van der Waals surface area contributed by atoms with Crippen LogP contribution in [-0.4, -0.2) is 37.7 Å². The molecule has 1 aromatic heterocycles. The number of halogens is 1. The van der Waals surface area contributed by atoms with E-state index in [9.17, 15) is 18.8 Å². The third kappa shape index (κ3) is 5.77. The van der Waals surface area contributed by atoms with E-state index < -0.39 is 36.9 Å². The second kappa shape index (κ2) is 9.51. The second-order valence-corrected chi connectivity index (χ2v) is 7.22. The van der Waals surface area contributed by atoms with E-state index in [-0.39, 0.29) is 6.61 Å². The Morgan fingerprint density at radius 3 is 2.52 bits per heavy atom. The van der Waals surface area contributed by atoms with Crippen molar-refractivity contribution < 1.29 is 33.0 Å². The molecule has 1 saturated carbocycles. The zero-order valence-corrected chi connectivity index (χ0v) is 16.6. The van der Waals surface area contributed by atoms with Crippen LogP contribution in [0.15, 0.2) is 29.6 Å². The maximum Gasteiger partial charge on any atom is 0.344 e. The Labute approximate surface area is 170 Å². The zero-order chi connectivity index (χ0) is 20.8. The number of nitrogens with one attached hydrogen (secondary N) is 1. The lowest BCUT2D eigenvalue weighted by Gasteiger charge is -2.09. The number of amides is 1. The molecule has 0 spiro atoms. The first-order chi connectivity index (χ1) is 14.0. The van der Waals surface area contributed by atoms with Crippen LogP contribution in [0.5, 0.6) is 5.75 Å². The van der Waals surface area contributed by atoms with E-state index in [1.165, 1.54) is 35.6 Å². The predicted octanol–water partition coefficient (Wildman–Crippen LogP) is 3.50. The van der Waals surface area contributed by atoms with Gasteiger partial charge >= 0.3 is 11.9 Å². The average molecular weight is 421 g/mol. The van der Waals surface area contributed by atoms with Gasteiger partial charge < -0.3 is 19.5 Å². The highest BCUT2D eigenvalue weighted by Gasteiger charge is 2.32. The van der Waals surface area contributed by atoms with Gasteiger partial charge in [0.15, 0.2) is 13.2 Å². The molecule has 1 amide bonds. The van der Waals surface area contributed by atoms with Crippen molar-refractivity contribution >= 4 is 34.2 Å². The molecular formula is C20H20FNO6S. The molecule has 3 rings (SSSR count). The van der Waals surface area contributed by atoms with E-state index in [2.05, 4.69) is 5.32 Å². The van der Waals surface area contributed by atoms with Crippen LogP contribution in [0, 0.1) is 5.82 Å². The smallest absolute Gasteiger partial charge is 0.344 e. The van der Waals surface area contributed by atoms with Crippen molar-refractivity contribution in [3.05, 3.63) is 46.6 Å². The van der Waals surface area contributed by atoms with Gasteiger partial charge in [-0.15, -0.1) is 11.3 Å². The van der Waals surface area contributed by atoms with Crippen LogP contribution < -0.4 is 10.1 Å². The topological polar surface area (TPSA) is 90.9 Å². The summed E-state index contributed by atoms with van der Waals surface area (Å²) < 4.78 is 28.0. The molecule has 0 bridgehead atoms. The highest BCUT2D eigenvalue weighted by Crippen LogP contribution is 2.46. The molecule has 1 aliphatic carbocycles. The lowest BCUT2D eigenvalue weighted by atomic mass is 10.1. The summed E-state index contributed by atoms with van der Waals surface area (Å²) in [7, 11) is 0. The highest BCUT2D eigenvalue weighted by molar-refractivity contribution is 7.15. The quantitative estimate of drug-likeness (QED) is 0.623. The fourth-order valence-electron chi connectivity index (χ4n) is 2.60. The standard InChI is InChI=1S/C20H20FNO6S/c1-2-26-20(25)18-15(12-3-4-12)11-29-19(18)22-16(23)9-28-17(24)10-27-14-7-5-13(21)6-8-14/h5-8,11-12H,2-4,9-10H2,1H3,(H,22,23). The summed E-state index contributed by atoms with van der Waals surface area (Å²) >= 11 is 1.24. The Morgan fingerprint density at radius 2 is 1.86 bits per heavy atom. The van der Waals surface area contributed by atoms with E-state index in [0.717, 1.165) is 18.4 Å². The van der Waals surface area contributed by atoms with E-state index in [1.807, 2.05) is 5.38 Å². The number of carbonyl (C=O) groups is 3. The Bertz CT molecular complexity index is 891. The summed E-state index contributed by atoms with van der Waals surface area (Å²) in [4.78, 5) is 36.1. The van der Waals surface area contributed by atoms with Crippen molar-refractivity contribution in [3.8, 4) is 5.75 Å². The molecule has 7 nitrogen and oxygen atoms in total. The fourth-order valence-corrected chi connectivity index (χ4v) is 3.64. The number of thiophene rings is 1.